The maximum absolute atomic E-state index is 11.4. The summed E-state index contributed by atoms with van der Waals surface area (Å²) in [6.45, 7) is 0.432. The van der Waals surface area contributed by atoms with E-state index in [0.29, 0.717) is 6.54 Å². The van der Waals surface area contributed by atoms with Crippen molar-refractivity contribution in [3.8, 4) is 0 Å². The average molecular weight is 233 g/mol. The molecule has 2 N–H and O–H groups in total. The normalized spacial score (nSPS) is 14.1. The Morgan fingerprint density at radius 1 is 1.29 bits per heavy atom. The SMILES string of the molecule is O=C(CNC(=O)C1CC1)NCc1ccccn1. The second kappa shape index (κ2) is 5.43. The first kappa shape index (κ1) is 11.6. The molecule has 1 aromatic rings. The van der Waals surface area contributed by atoms with Crippen molar-refractivity contribution >= 4 is 11.8 Å². The lowest BCUT2D eigenvalue weighted by Crippen LogP contribution is -2.37. The molecule has 0 saturated heterocycles. The summed E-state index contributed by atoms with van der Waals surface area (Å²) in [6, 6.07) is 5.52. The third-order valence-electron chi connectivity index (χ3n) is 2.56. The molecule has 0 bridgehead atoms. The highest BCUT2D eigenvalue weighted by Gasteiger charge is 2.29. The quantitative estimate of drug-likeness (QED) is 0.764. The molecule has 0 unspecified atom stereocenters. The molecule has 2 rings (SSSR count). The van der Waals surface area contributed by atoms with Gasteiger partial charge in [-0.05, 0) is 25.0 Å². The minimum absolute atomic E-state index is 0.0158. The Bertz CT molecular complexity index is 401. The number of nitrogens with one attached hydrogen (secondary N) is 2. The number of pyridine rings is 1. The summed E-state index contributed by atoms with van der Waals surface area (Å²) >= 11 is 0. The molecule has 1 saturated carbocycles. The fourth-order valence-corrected chi connectivity index (χ4v) is 1.41. The van der Waals surface area contributed by atoms with Crippen molar-refractivity contribution in [2.24, 2.45) is 5.92 Å². The van der Waals surface area contributed by atoms with Gasteiger partial charge in [0, 0.05) is 12.1 Å². The molecule has 2 amide bonds. The number of amides is 2. The molecule has 5 heteroatoms. The van der Waals surface area contributed by atoms with Crippen LogP contribution in [0.3, 0.4) is 0 Å². The lowest BCUT2D eigenvalue weighted by molar-refractivity contribution is -0.126. The van der Waals surface area contributed by atoms with Crippen LogP contribution in [0.1, 0.15) is 18.5 Å². The van der Waals surface area contributed by atoms with Crippen molar-refractivity contribution < 1.29 is 9.59 Å². The van der Waals surface area contributed by atoms with Crippen molar-refractivity contribution in [2.75, 3.05) is 6.54 Å². The van der Waals surface area contributed by atoms with E-state index in [2.05, 4.69) is 15.6 Å². The molecule has 1 fully saturated rings. The first-order chi connectivity index (χ1) is 8.25. The van der Waals surface area contributed by atoms with Gasteiger partial charge in [-0.3, -0.25) is 14.6 Å². The van der Waals surface area contributed by atoms with Crippen molar-refractivity contribution in [1.82, 2.24) is 15.6 Å². The maximum Gasteiger partial charge on any atom is 0.239 e. The Balaban J connectivity index is 1.65. The van der Waals surface area contributed by atoms with Gasteiger partial charge in [-0.15, -0.1) is 0 Å². The highest BCUT2D eigenvalue weighted by Crippen LogP contribution is 2.28. The third kappa shape index (κ3) is 3.86. The van der Waals surface area contributed by atoms with E-state index < -0.39 is 0 Å². The number of nitrogens with zero attached hydrogens (tertiary/aromatic N) is 1. The highest BCUT2D eigenvalue weighted by molar-refractivity contribution is 5.86. The molecule has 90 valence electrons. The summed E-state index contributed by atoms with van der Waals surface area (Å²) in [4.78, 5) is 26.8. The van der Waals surface area contributed by atoms with Gasteiger partial charge in [0.1, 0.15) is 0 Å². The van der Waals surface area contributed by atoms with Gasteiger partial charge in [0.25, 0.3) is 0 Å². The Hall–Kier alpha value is -1.91. The van der Waals surface area contributed by atoms with Gasteiger partial charge >= 0.3 is 0 Å². The zero-order valence-corrected chi connectivity index (χ0v) is 9.48. The molecule has 1 heterocycles. The molecular formula is C12H15N3O2. The number of hydrogen-bond donors (Lipinski definition) is 2. The molecule has 0 aromatic carbocycles. The van der Waals surface area contributed by atoms with Gasteiger partial charge in [-0.2, -0.15) is 0 Å². The van der Waals surface area contributed by atoms with Gasteiger partial charge < -0.3 is 10.6 Å². The van der Waals surface area contributed by atoms with E-state index in [-0.39, 0.29) is 24.3 Å². The lowest BCUT2D eigenvalue weighted by Gasteiger charge is -2.05. The predicted molar refractivity (Wildman–Crippen MR) is 61.8 cm³/mol. The van der Waals surface area contributed by atoms with E-state index in [1.807, 2.05) is 18.2 Å². The zero-order valence-electron chi connectivity index (χ0n) is 9.48. The number of rotatable bonds is 5. The molecule has 1 aliphatic carbocycles. The maximum atomic E-state index is 11.4. The smallest absolute Gasteiger partial charge is 0.239 e. The van der Waals surface area contributed by atoms with Gasteiger partial charge in [-0.1, -0.05) is 6.07 Å². The topological polar surface area (TPSA) is 71.1 Å². The monoisotopic (exact) mass is 233 g/mol. The lowest BCUT2D eigenvalue weighted by atomic mass is 10.3. The minimum Gasteiger partial charge on any atom is -0.349 e. The van der Waals surface area contributed by atoms with Gasteiger partial charge in [-0.25, -0.2) is 0 Å². The van der Waals surface area contributed by atoms with Crippen LogP contribution in [0, 0.1) is 5.92 Å². The van der Waals surface area contributed by atoms with Crippen LogP contribution in [0.5, 0.6) is 0 Å². The summed E-state index contributed by atoms with van der Waals surface area (Å²) in [5.74, 6) is -0.0683. The number of carbonyl (C=O) groups excluding carboxylic acids is 2. The fraction of sp³-hybridized carbons (Fsp3) is 0.417. The average Bonchev–Trinajstić information content (AvgIpc) is 3.19. The van der Waals surface area contributed by atoms with Crippen LogP contribution < -0.4 is 10.6 Å². The molecule has 17 heavy (non-hydrogen) atoms. The fourth-order valence-electron chi connectivity index (χ4n) is 1.41. The van der Waals surface area contributed by atoms with Crippen LogP contribution in [0.25, 0.3) is 0 Å². The van der Waals surface area contributed by atoms with Crippen LogP contribution in [0.4, 0.5) is 0 Å². The Labute approximate surface area is 99.6 Å². The van der Waals surface area contributed by atoms with E-state index in [9.17, 15) is 9.59 Å². The van der Waals surface area contributed by atoms with Gasteiger partial charge in [0.05, 0.1) is 18.8 Å². The first-order valence-electron chi connectivity index (χ1n) is 5.70. The summed E-state index contributed by atoms with van der Waals surface area (Å²) in [5, 5.41) is 5.31. The molecule has 0 aliphatic heterocycles. The van der Waals surface area contributed by atoms with Crippen molar-refractivity contribution in [1.29, 1.82) is 0 Å². The van der Waals surface area contributed by atoms with E-state index in [0.717, 1.165) is 18.5 Å². The summed E-state index contributed by atoms with van der Waals surface area (Å²) in [5.41, 5.74) is 0.800. The molecular weight excluding hydrogens is 218 g/mol. The van der Waals surface area contributed by atoms with Crippen LogP contribution in [-0.4, -0.2) is 23.3 Å². The zero-order chi connectivity index (χ0) is 12.1. The van der Waals surface area contributed by atoms with Crippen molar-refractivity contribution in [3.63, 3.8) is 0 Å². The molecule has 1 aliphatic rings. The third-order valence-corrected chi connectivity index (χ3v) is 2.56. The first-order valence-corrected chi connectivity index (χ1v) is 5.70. The molecule has 1 aromatic heterocycles. The van der Waals surface area contributed by atoms with Crippen LogP contribution in [-0.2, 0) is 16.1 Å². The Morgan fingerprint density at radius 2 is 2.12 bits per heavy atom. The van der Waals surface area contributed by atoms with Crippen LogP contribution >= 0.6 is 0 Å². The predicted octanol–water partition coefficient (Wildman–Crippen LogP) is 0.224. The van der Waals surface area contributed by atoms with Crippen molar-refractivity contribution in [2.45, 2.75) is 19.4 Å². The number of carbonyl (C=O) groups is 2. The standard InChI is InChI=1S/C12H15N3O2/c16-11(8-15-12(17)9-4-5-9)14-7-10-3-1-2-6-13-10/h1-3,6,9H,4-5,7-8H2,(H,14,16)(H,15,17). The summed E-state index contributed by atoms with van der Waals surface area (Å²) in [6.07, 6.45) is 3.57. The second-order valence-electron chi connectivity index (χ2n) is 4.09. The number of hydrogen-bond acceptors (Lipinski definition) is 3. The van der Waals surface area contributed by atoms with Gasteiger partial charge in [0.2, 0.25) is 11.8 Å². The molecule has 0 radical (unpaired) electrons. The van der Waals surface area contributed by atoms with E-state index in [1.165, 1.54) is 0 Å². The summed E-state index contributed by atoms with van der Waals surface area (Å²) < 4.78 is 0. The highest BCUT2D eigenvalue weighted by atomic mass is 16.2. The van der Waals surface area contributed by atoms with Crippen molar-refractivity contribution in [3.05, 3.63) is 30.1 Å². The van der Waals surface area contributed by atoms with Crippen LogP contribution in [0.2, 0.25) is 0 Å². The minimum atomic E-state index is -0.190. The van der Waals surface area contributed by atoms with Gasteiger partial charge in [0.15, 0.2) is 0 Å². The summed E-state index contributed by atoms with van der Waals surface area (Å²) in [7, 11) is 0. The molecule has 0 atom stereocenters. The van der Waals surface area contributed by atoms with E-state index in [1.54, 1.807) is 6.20 Å². The Kier molecular flexibility index (Phi) is 3.69. The van der Waals surface area contributed by atoms with Crippen LogP contribution in [0.15, 0.2) is 24.4 Å². The molecule has 5 nitrogen and oxygen atoms in total. The second-order valence-corrected chi connectivity index (χ2v) is 4.09. The Morgan fingerprint density at radius 3 is 2.76 bits per heavy atom. The number of aromatic nitrogens is 1. The van der Waals surface area contributed by atoms with E-state index in [4.69, 9.17) is 0 Å². The molecule has 0 spiro atoms. The largest absolute Gasteiger partial charge is 0.349 e. The van der Waals surface area contributed by atoms with E-state index >= 15 is 0 Å².